The largest absolute Gasteiger partial charge is 0.393 e. The second-order valence-corrected chi connectivity index (χ2v) is 27.1. The van der Waals surface area contributed by atoms with Crippen molar-refractivity contribution in [1.29, 1.82) is 0 Å². The molecule has 9 rings (SSSR count). The average molecular weight is 986 g/mol. The third-order valence-corrected chi connectivity index (χ3v) is 22.8. The average Bonchev–Trinajstić information content (AvgIpc) is 4.06. The number of carbonyl (C=O) groups is 1. The van der Waals surface area contributed by atoms with E-state index in [0.29, 0.717) is 24.7 Å². The van der Waals surface area contributed by atoms with Crippen LogP contribution in [0.25, 0.3) is 0 Å². The lowest BCUT2D eigenvalue weighted by atomic mass is 9.42. The molecular formula is C56H83N5O6S2. The minimum absolute atomic E-state index is 0.0165. The van der Waals surface area contributed by atoms with Crippen molar-refractivity contribution < 1.29 is 30.3 Å². The maximum atomic E-state index is 14.8. The Bertz CT molecular complexity index is 2230. The predicted octanol–water partition coefficient (Wildman–Crippen LogP) is 8.95. The van der Waals surface area contributed by atoms with Crippen LogP contribution in [0.5, 0.6) is 0 Å². The van der Waals surface area contributed by atoms with Gasteiger partial charge in [-0.05, 0) is 154 Å². The molecule has 1 spiro atoms. The molecule has 1 aromatic heterocycles. The number of nitrogens with zero attached hydrogens (tertiary/aromatic N) is 3. The van der Waals surface area contributed by atoms with E-state index in [2.05, 4.69) is 86.0 Å². The van der Waals surface area contributed by atoms with E-state index in [9.17, 15) is 30.3 Å². The lowest BCUT2D eigenvalue weighted by Crippen LogP contribution is -2.65. The van der Waals surface area contributed by atoms with Gasteiger partial charge < -0.3 is 41.2 Å². The molecule has 1 aromatic carbocycles. The Kier molecular flexibility index (Phi) is 14.9. The highest BCUT2D eigenvalue weighted by atomic mass is 33.1. The number of aliphatic hydroxyl groups excluding tert-OH is 4. The van der Waals surface area contributed by atoms with Gasteiger partial charge in [-0.1, -0.05) is 111 Å². The highest BCUT2D eigenvalue weighted by Crippen LogP contribution is 2.73. The Morgan fingerprint density at radius 2 is 1.72 bits per heavy atom. The third kappa shape index (κ3) is 9.59. The summed E-state index contributed by atoms with van der Waals surface area (Å²) in [5.74, 6) is -0.788. The number of rotatable bonds is 7. The first-order valence-electron chi connectivity index (χ1n) is 26.6. The molecule has 5 saturated carbocycles. The van der Waals surface area contributed by atoms with Crippen LogP contribution in [0.2, 0.25) is 0 Å². The number of imidazole rings is 1. The van der Waals surface area contributed by atoms with E-state index in [1.807, 2.05) is 34.1 Å². The molecule has 6 fully saturated rings. The summed E-state index contributed by atoms with van der Waals surface area (Å²) < 4.78 is 2.29. The molecule has 15 unspecified atom stereocenters. The normalized spacial score (nSPS) is 41.9. The van der Waals surface area contributed by atoms with Gasteiger partial charge in [0.1, 0.15) is 6.23 Å². The van der Waals surface area contributed by atoms with Gasteiger partial charge in [-0.15, -0.1) is 0 Å². The van der Waals surface area contributed by atoms with Crippen molar-refractivity contribution in [2.45, 2.75) is 186 Å². The smallest absolute Gasteiger partial charge is 0.190 e. The first kappa shape index (κ1) is 51.3. The highest BCUT2D eigenvalue weighted by molar-refractivity contribution is 8.76. The van der Waals surface area contributed by atoms with Crippen molar-refractivity contribution in [3.63, 3.8) is 0 Å². The van der Waals surface area contributed by atoms with Gasteiger partial charge in [-0.2, -0.15) is 0 Å². The zero-order valence-corrected chi connectivity index (χ0v) is 43.9. The Morgan fingerprint density at radius 3 is 2.43 bits per heavy atom. The zero-order valence-electron chi connectivity index (χ0n) is 42.2. The molecule has 1 aliphatic heterocycles. The molecule has 6 aliphatic carbocycles. The fourth-order valence-corrected chi connectivity index (χ4v) is 19.7. The molecule has 0 radical (unpaired) electrons. The number of fused-ring (bicyclic) bond motifs is 9. The number of guanidine groups is 1. The Hall–Kier alpha value is -2.65. The van der Waals surface area contributed by atoms with Crippen LogP contribution < -0.4 is 11.1 Å². The van der Waals surface area contributed by atoms with Crippen molar-refractivity contribution in [3.8, 4) is 0 Å². The number of nitrogens with one attached hydrogen (secondary N) is 1. The number of carbonyl (C=O) groups excluding carboxylic acids is 1. The van der Waals surface area contributed by atoms with Crippen molar-refractivity contribution in [2.75, 3.05) is 12.3 Å². The van der Waals surface area contributed by atoms with Gasteiger partial charge in [0.15, 0.2) is 11.7 Å². The van der Waals surface area contributed by atoms with Crippen molar-refractivity contribution >= 4 is 33.3 Å². The predicted molar refractivity (Wildman–Crippen MR) is 278 cm³/mol. The Balaban J connectivity index is 1.20. The van der Waals surface area contributed by atoms with E-state index < -0.39 is 46.9 Å². The fourth-order valence-electron chi connectivity index (χ4n) is 16.4. The SMILES string of the molecule is CC(O)NC(N)=NCC1CC2(C)C3CC(C(CCc4ccccc4)SSCC(n4ccnc4)CC(C)(C)C(=C4CCCC5(CCCC5)C4)CC(O)C3C)C2(O)C2=CC(=O)C3CC(O)C(O)CC3(C)C21. The molecule has 2 bridgehead atoms. The zero-order chi connectivity index (χ0) is 49.1. The molecule has 15 atom stereocenters. The number of aliphatic imine (C=N–C) groups is 1. The Morgan fingerprint density at radius 1 is 0.986 bits per heavy atom. The van der Waals surface area contributed by atoms with E-state index in [0.717, 1.165) is 43.4 Å². The van der Waals surface area contributed by atoms with Gasteiger partial charge in [0, 0.05) is 53.2 Å². The van der Waals surface area contributed by atoms with Gasteiger partial charge in [-0.3, -0.25) is 9.79 Å². The van der Waals surface area contributed by atoms with E-state index in [1.165, 1.54) is 49.7 Å². The van der Waals surface area contributed by atoms with E-state index in [4.69, 9.17) is 10.7 Å². The second kappa shape index (κ2) is 20.0. The van der Waals surface area contributed by atoms with Crippen LogP contribution in [0.4, 0.5) is 0 Å². The minimum Gasteiger partial charge on any atom is -0.393 e. The second-order valence-electron chi connectivity index (χ2n) is 24.4. The summed E-state index contributed by atoms with van der Waals surface area (Å²) in [6.07, 6.45) is 18.8. The van der Waals surface area contributed by atoms with Crippen molar-refractivity contribution in [1.82, 2.24) is 14.9 Å². The lowest BCUT2D eigenvalue weighted by Gasteiger charge is -2.63. The summed E-state index contributed by atoms with van der Waals surface area (Å²) in [6.45, 7) is 13.3. The van der Waals surface area contributed by atoms with Crippen molar-refractivity contribution in [3.05, 3.63) is 77.4 Å². The number of aliphatic hydroxyl groups is 5. The summed E-state index contributed by atoms with van der Waals surface area (Å²) in [5, 5.41) is 63.4. The molecule has 380 valence electrons. The maximum Gasteiger partial charge on any atom is 0.190 e. The van der Waals surface area contributed by atoms with Crippen molar-refractivity contribution in [2.24, 2.45) is 67.9 Å². The number of benzene rings is 1. The highest BCUT2D eigenvalue weighted by Gasteiger charge is 2.73. The van der Waals surface area contributed by atoms with Gasteiger partial charge in [0.2, 0.25) is 0 Å². The molecule has 69 heavy (non-hydrogen) atoms. The number of aromatic nitrogens is 2. The van der Waals surface area contributed by atoms with Crippen LogP contribution in [0.3, 0.4) is 0 Å². The summed E-state index contributed by atoms with van der Waals surface area (Å²) in [5.41, 5.74) is 8.57. The number of ketones is 1. The molecule has 2 aromatic rings. The molecule has 8 N–H and O–H groups in total. The standard InChI is InChI=1S/C56H83N5O6S2/c1-34-40-23-43(56(67)44-26-46(64)42-25-47(65)48(66)30-53(42,5)50(44)38(27-54(40,56)6)31-59-51(57)60-35(2)62)49(17-16-36-13-8-7-9-14-36)69-68-32-39(61-22-21-58-33-61)29-52(3,4)41(24-45(34)63)37-15-12-20-55(28-37)18-10-11-19-55/h7-9,13-14,21-22,26,33-35,38-40,42-43,45,47-50,62-63,65-67H,10-12,15-20,23-25,27-32H2,1-6H3,(H3,57,59,60). The van der Waals surface area contributed by atoms with Gasteiger partial charge in [0.25, 0.3) is 0 Å². The van der Waals surface area contributed by atoms with Crippen LogP contribution >= 0.6 is 21.6 Å². The monoisotopic (exact) mass is 986 g/mol. The first-order valence-corrected chi connectivity index (χ1v) is 28.9. The van der Waals surface area contributed by atoms with E-state index in [-0.39, 0.29) is 77.4 Å². The van der Waals surface area contributed by atoms with Crippen LogP contribution in [0.15, 0.2) is 76.8 Å². The first-order chi connectivity index (χ1) is 32.8. The van der Waals surface area contributed by atoms with Crippen LogP contribution in [-0.2, 0) is 11.2 Å². The molecule has 0 amide bonds. The summed E-state index contributed by atoms with van der Waals surface area (Å²) in [4.78, 5) is 24.3. The topological polar surface area (TPSA) is 186 Å². The van der Waals surface area contributed by atoms with Crippen LogP contribution in [0.1, 0.15) is 149 Å². The number of hydrogen-bond donors (Lipinski definition) is 7. The molecule has 2 heterocycles. The lowest BCUT2D eigenvalue weighted by molar-refractivity contribution is -0.170. The van der Waals surface area contributed by atoms with Crippen LogP contribution in [-0.4, -0.2) is 94.5 Å². The maximum absolute atomic E-state index is 14.8. The quantitative estimate of drug-likeness (QED) is 0.0462. The molecule has 7 aliphatic rings. The molecule has 13 heteroatoms. The minimum atomic E-state index is -1.44. The van der Waals surface area contributed by atoms with Gasteiger partial charge in [0.05, 0.1) is 30.2 Å². The summed E-state index contributed by atoms with van der Waals surface area (Å²) in [7, 11) is 3.81. The Labute approximate surface area is 419 Å². The summed E-state index contributed by atoms with van der Waals surface area (Å²) in [6, 6.07) is 10.8. The van der Waals surface area contributed by atoms with Gasteiger partial charge in [-0.25, -0.2) is 4.98 Å². The number of allylic oxidation sites excluding steroid dienone is 2. The van der Waals surface area contributed by atoms with E-state index in [1.54, 1.807) is 18.6 Å². The molecule has 11 nitrogen and oxygen atoms in total. The van der Waals surface area contributed by atoms with E-state index >= 15 is 0 Å². The third-order valence-electron chi connectivity index (χ3n) is 19.7. The fraction of sp³-hybridized carbons (Fsp3) is 0.732. The van der Waals surface area contributed by atoms with Gasteiger partial charge >= 0.3 is 0 Å². The van der Waals surface area contributed by atoms with Crippen LogP contribution in [0, 0.1) is 57.2 Å². The molecule has 1 saturated heterocycles. The number of hydrogen-bond acceptors (Lipinski definition) is 10. The summed E-state index contributed by atoms with van der Waals surface area (Å²) >= 11 is 0. The number of aryl methyl sites for hydroxylation is 1. The number of nitrogens with two attached hydrogens (primary N) is 1. The molecular weight excluding hydrogens is 903 g/mol.